The zero-order chi connectivity index (χ0) is 9.90. The van der Waals surface area contributed by atoms with Gasteiger partial charge in [-0.25, -0.2) is 8.42 Å². The summed E-state index contributed by atoms with van der Waals surface area (Å²) in [6.07, 6.45) is 1.02. The molecule has 0 saturated heterocycles. The molecule has 3 nitrogen and oxygen atoms in total. The summed E-state index contributed by atoms with van der Waals surface area (Å²) in [5.41, 5.74) is 6.05. The predicted octanol–water partition coefficient (Wildman–Crippen LogP) is 1.20. The van der Waals surface area contributed by atoms with Gasteiger partial charge in [-0.2, -0.15) is 0 Å². The van der Waals surface area contributed by atoms with Crippen LogP contribution in [0.25, 0.3) is 0 Å². The van der Waals surface area contributed by atoms with Crippen LogP contribution in [-0.4, -0.2) is 8.42 Å². The van der Waals surface area contributed by atoms with Gasteiger partial charge in [0.25, 0.3) is 0 Å². The Morgan fingerprint density at radius 3 is 2.23 bits per heavy atom. The molecule has 70 valence electrons. The van der Waals surface area contributed by atoms with Crippen LogP contribution in [0.5, 0.6) is 0 Å². The maximum atomic E-state index is 11.4. The van der Waals surface area contributed by atoms with E-state index >= 15 is 0 Å². The van der Waals surface area contributed by atoms with Gasteiger partial charge >= 0.3 is 0 Å². The number of rotatable bonds is 2. The molecular weight excluding hydrogens is 186 g/mol. The number of sulfone groups is 1. The van der Waals surface area contributed by atoms with Crippen molar-refractivity contribution in [2.24, 2.45) is 5.73 Å². The predicted molar refractivity (Wildman–Crippen MR) is 51.7 cm³/mol. The maximum Gasteiger partial charge on any atom is 0.201 e. The Bertz CT molecular complexity index is 404. The summed E-state index contributed by atoms with van der Waals surface area (Å²) < 4.78 is 22.8. The van der Waals surface area contributed by atoms with Crippen molar-refractivity contribution in [2.45, 2.75) is 11.8 Å². The molecule has 0 heterocycles. The fourth-order valence-electron chi connectivity index (χ4n) is 0.910. The third kappa shape index (κ3) is 2.32. The van der Waals surface area contributed by atoms with Crippen molar-refractivity contribution in [1.29, 1.82) is 0 Å². The minimum absolute atomic E-state index is 0.264. The SMILES string of the molecule is Cc1ccc(S(=O)(=O)/C=C/N)cc1. The molecule has 0 bridgehead atoms. The average Bonchev–Trinajstić information content (AvgIpc) is 2.05. The summed E-state index contributed by atoms with van der Waals surface area (Å²) in [5.74, 6) is 0. The Morgan fingerprint density at radius 2 is 1.77 bits per heavy atom. The fourth-order valence-corrected chi connectivity index (χ4v) is 1.79. The van der Waals surface area contributed by atoms with E-state index in [0.717, 1.165) is 17.2 Å². The molecule has 0 aromatic heterocycles. The standard InChI is InChI=1S/C9H11NO2S/c1-8-2-4-9(5-3-8)13(11,12)7-6-10/h2-7H,10H2,1H3/b7-6+. The number of benzene rings is 1. The van der Waals surface area contributed by atoms with E-state index in [9.17, 15) is 8.42 Å². The second-order valence-electron chi connectivity index (χ2n) is 2.69. The van der Waals surface area contributed by atoms with Crippen molar-refractivity contribution in [3.8, 4) is 0 Å². The van der Waals surface area contributed by atoms with Gasteiger partial charge in [-0.3, -0.25) is 0 Å². The number of hydrogen-bond acceptors (Lipinski definition) is 3. The molecule has 13 heavy (non-hydrogen) atoms. The lowest BCUT2D eigenvalue weighted by Crippen LogP contribution is -1.97. The second-order valence-corrected chi connectivity index (χ2v) is 4.52. The first-order chi connectivity index (χ1) is 6.06. The van der Waals surface area contributed by atoms with Gasteiger partial charge in [0.15, 0.2) is 0 Å². The monoisotopic (exact) mass is 197 g/mol. The van der Waals surface area contributed by atoms with E-state index in [1.165, 1.54) is 0 Å². The van der Waals surface area contributed by atoms with Crippen LogP contribution in [0.15, 0.2) is 40.8 Å². The molecule has 0 spiro atoms. The highest BCUT2D eigenvalue weighted by Gasteiger charge is 2.08. The zero-order valence-corrected chi connectivity index (χ0v) is 8.08. The molecule has 4 heteroatoms. The lowest BCUT2D eigenvalue weighted by Gasteiger charge is -1.98. The van der Waals surface area contributed by atoms with E-state index in [4.69, 9.17) is 5.73 Å². The van der Waals surface area contributed by atoms with Gasteiger partial charge in [-0.05, 0) is 19.1 Å². The highest BCUT2D eigenvalue weighted by Crippen LogP contribution is 2.12. The Labute approximate surface area is 77.8 Å². The Balaban J connectivity index is 3.17. The summed E-state index contributed by atoms with van der Waals surface area (Å²) in [7, 11) is -3.33. The molecule has 0 amide bonds. The fraction of sp³-hybridized carbons (Fsp3) is 0.111. The molecular formula is C9H11NO2S. The quantitative estimate of drug-likeness (QED) is 0.775. The van der Waals surface area contributed by atoms with Crippen molar-refractivity contribution >= 4 is 9.84 Å². The topological polar surface area (TPSA) is 60.2 Å². The Morgan fingerprint density at radius 1 is 1.23 bits per heavy atom. The zero-order valence-electron chi connectivity index (χ0n) is 7.27. The van der Waals surface area contributed by atoms with Gasteiger partial charge in [0.05, 0.1) is 10.3 Å². The first kappa shape index (κ1) is 9.80. The highest BCUT2D eigenvalue weighted by atomic mass is 32.2. The van der Waals surface area contributed by atoms with Crippen LogP contribution < -0.4 is 5.73 Å². The molecule has 0 saturated carbocycles. The van der Waals surface area contributed by atoms with E-state index in [1.807, 2.05) is 6.92 Å². The molecule has 1 rings (SSSR count). The third-order valence-corrected chi connectivity index (χ3v) is 3.05. The second kappa shape index (κ2) is 3.62. The molecule has 1 aromatic rings. The lowest BCUT2D eigenvalue weighted by atomic mass is 10.2. The van der Waals surface area contributed by atoms with Gasteiger partial charge in [-0.15, -0.1) is 0 Å². The van der Waals surface area contributed by atoms with Crippen molar-refractivity contribution < 1.29 is 8.42 Å². The summed E-state index contributed by atoms with van der Waals surface area (Å²) in [6, 6.07) is 6.61. The third-order valence-electron chi connectivity index (χ3n) is 1.61. The van der Waals surface area contributed by atoms with Crippen LogP contribution in [0, 0.1) is 6.92 Å². The van der Waals surface area contributed by atoms with E-state index < -0.39 is 9.84 Å². The van der Waals surface area contributed by atoms with Crippen molar-refractivity contribution in [2.75, 3.05) is 0 Å². The number of nitrogens with two attached hydrogens (primary N) is 1. The number of hydrogen-bond donors (Lipinski definition) is 1. The van der Waals surface area contributed by atoms with Crippen molar-refractivity contribution in [1.82, 2.24) is 0 Å². The van der Waals surface area contributed by atoms with Gasteiger partial charge in [0.2, 0.25) is 9.84 Å². The van der Waals surface area contributed by atoms with Crippen LogP contribution in [0.2, 0.25) is 0 Å². The summed E-state index contributed by atoms with van der Waals surface area (Å²) in [4.78, 5) is 0.264. The molecule has 0 aliphatic rings. The summed E-state index contributed by atoms with van der Waals surface area (Å²) in [6.45, 7) is 1.90. The van der Waals surface area contributed by atoms with E-state index in [-0.39, 0.29) is 4.90 Å². The first-order valence-corrected chi connectivity index (χ1v) is 5.31. The molecule has 0 atom stereocenters. The van der Waals surface area contributed by atoms with Crippen LogP contribution in [0.4, 0.5) is 0 Å². The van der Waals surface area contributed by atoms with Crippen LogP contribution in [0.3, 0.4) is 0 Å². The smallest absolute Gasteiger partial charge is 0.201 e. The summed E-state index contributed by atoms with van der Waals surface area (Å²) >= 11 is 0. The molecule has 2 N–H and O–H groups in total. The van der Waals surface area contributed by atoms with E-state index in [1.54, 1.807) is 24.3 Å². The van der Waals surface area contributed by atoms with E-state index in [0.29, 0.717) is 0 Å². The maximum absolute atomic E-state index is 11.4. The Hall–Kier alpha value is -1.29. The van der Waals surface area contributed by atoms with Crippen LogP contribution in [-0.2, 0) is 9.84 Å². The molecule has 1 aromatic carbocycles. The van der Waals surface area contributed by atoms with Crippen LogP contribution >= 0.6 is 0 Å². The molecule has 0 unspecified atom stereocenters. The largest absolute Gasteiger partial charge is 0.404 e. The highest BCUT2D eigenvalue weighted by molar-refractivity contribution is 7.94. The van der Waals surface area contributed by atoms with Crippen molar-refractivity contribution in [3.63, 3.8) is 0 Å². The van der Waals surface area contributed by atoms with Gasteiger partial charge in [0.1, 0.15) is 0 Å². The van der Waals surface area contributed by atoms with Gasteiger partial charge in [0, 0.05) is 6.20 Å². The minimum Gasteiger partial charge on any atom is -0.404 e. The molecule has 0 aliphatic heterocycles. The van der Waals surface area contributed by atoms with Gasteiger partial charge in [-0.1, -0.05) is 17.7 Å². The normalized spacial score (nSPS) is 12.1. The van der Waals surface area contributed by atoms with E-state index in [2.05, 4.69) is 0 Å². The molecule has 0 radical (unpaired) electrons. The van der Waals surface area contributed by atoms with Crippen molar-refractivity contribution in [3.05, 3.63) is 41.4 Å². The lowest BCUT2D eigenvalue weighted by molar-refractivity contribution is 0.604. The Kier molecular flexibility index (Phi) is 2.72. The average molecular weight is 197 g/mol. The first-order valence-electron chi connectivity index (χ1n) is 3.76. The van der Waals surface area contributed by atoms with Crippen LogP contribution in [0.1, 0.15) is 5.56 Å². The minimum atomic E-state index is -3.33. The number of aryl methyl sites for hydroxylation is 1. The molecule has 0 fully saturated rings. The summed E-state index contributed by atoms with van der Waals surface area (Å²) in [5, 5.41) is 0.984. The molecule has 0 aliphatic carbocycles. The van der Waals surface area contributed by atoms with Gasteiger partial charge < -0.3 is 5.73 Å².